The van der Waals surface area contributed by atoms with E-state index in [0.29, 0.717) is 32.1 Å². The van der Waals surface area contributed by atoms with Crippen molar-refractivity contribution in [3.8, 4) is 0 Å². The molecule has 1 aliphatic heterocycles. The fraction of sp³-hybridized carbons (Fsp3) is 0.400. The number of methoxy groups -OCH3 is 1. The van der Waals surface area contributed by atoms with E-state index in [1.807, 2.05) is 37.3 Å². The van der Waals surface area contributed by atoms with Crippen molar-refractivity contribution >= 4 is 17.8 Å². The van der Waals surface area contributed by atoms with Gasteiger partial charge >= 0.3 is 5.97 Å². The molecule has 1 aliphatic rings. The van der Waals surface area contributed by atoms with E-state index >= 15 is 0 Å². The number of hydrogen-bond acceptors (Lipinski definition) is 4. The Labute approximate surface area is 183 Å². The van der Waals surface area contributed by atoms with E-state index in [2.05, 4.69) is 34.9 Å². The lowest BCUT2D eigenvalue weighted by atomic mass is 9.84. The molecule has 1 unspecified atom stereocenters. The van der Waals surface area contributed by atoms with Gasteiger partial charge in [-0.1, -0.05) is 60.2 Å². The van der Waals surface area contributed by atoms with Crippen molar-refractivity contribution in [2.24, 2.45) is 0 Å². The van der Waals surface area contributed by atoms with Crippen LogP contribution in [-0.2, 0) is 32.0 Å². The van der Waals surface area contributed by atoms with Crippen molar-refractivity contribution in [2.75, 3.05) is 7.11 Å². The average molecular weight is 423 g/mol. The smallest absolute Gasteiger partial charge is 0.328 e. The van der Waals surface area contributed by atoms with Crippen LogP contribution in [0.4, 0.5) is 0 Å². The Morgan fingerprint density at radius 2 is 1.81 bits per heavy atom. The summed E-state index contributed by atoms with van der Waals surface area (Å²) in [5, 5.41) is 5.92. The van der Waals surface area contributed by atoms with E-state index in [1.54, 1.807) is 0 Å². The fourth-order valence-corrected chi connectivity index (χ4v) is 4.08. The van der Waals surface area contributed by atoms with E-state index in [9.17, 15) is 14.4 Å². The number of carbonyl (C=O) groups excluding carboxylic acids is 3. The summed E-state index contributed by atoms with van der Waals surface area (Å²) in [5.74, 6) is -0.680. The number of aryl methyl sites for hydroxylation is 1. The van der Waals surface area contributed by atoms with Gasteiger partial charge in [0.1, 0.15) is 6.04 Å². The van der Waals surface area contributed by atoms with Crippen molar-refractivity contribution in [1.29, 1.82) is 0 Å². The lowest BCUT2D eigenvalue weighted by molar-refractivity contribution is -0.145. The van der Waals surface area contributed by atoms with E-state index in [4.69, 9.17) is 4.74 Å². The van der Waals surface area contributed by atoms with Crippen molar-refractivity contribution < 1.29 is 19.1 Å². The maximum absolute atomic E-state index is 12.7. The van der Waals surface area contributed by atoms with Crippen LogP contribution in [0.2, 0.25) is 0 Å². The minimum atomic E-state index is -0.744. The number of benzene rings is 2. The molecular weight excluding hydrogens is 392 g/mol. The molecule has 1 heterocycles. The van der Waals surface area contributed by atoms with Crippen LogP contribution in [0.5, 0.6) is 0 Å². The largest absolute Gasteiger partial charge is 0.467 e. The molecule has 1 fully saturated rings. The van der Waals surface area contributed by atoms with Crippen molar-refractivity contribution in [3.05, 3.63) is 71.3 Å². The van der Waals surface area contributed by atoms with E-state index in [0.717, 1.165) is 11.1 Å². The quantitative estimate of drug-likeness (QED) is 0.609. The van der Waals surface area contributed by atoms with Crippen LogP contribution in [0.25, 0.3) is 0 Å². The Balaban J connectivity index is 1.63. The maximum Gasteiger partial charge on any atom is 0.328 e. The number of amides is 2. The van der Waals surface area contributed by atoms with Crippen LogP contribution in [0, 0.1) is 6.92 Å². The molecule has 0 saturated carbocycles. The number of nitrogens with one attached hydrogen (secondary N) is 2. The van der Waals surface area contributed by atoms with Gasteiger partial charge in [-0.25, -0.2) is 4.79 Å². The van der Waals surface area contributed by atoms with Gasteiger partial charge in [-0.05, 0) is 37.3 Å². The first-order valence-corrected chi connectivity index (χ1v) is 10.7. The van der Waals surface area contributed by atoms with Crippen LogP contribution in [-0.4, -0.2) is 36.5 Å². The fourth-order valence-electron chi connectivity index (χ4n) is 4.08. The zero-order valence-corrected chi connectivity index (χ0v) is 18.1. The van der Waals surface area contributed by atoms with Gasteiger partial charge in [0.2, 0.25) is 11.8 Å². The minimum Gasteiger partial charge on any atom is -0.467 e. The maximum atomic E-state index is 12.7. The Morgan fingerprint density at radius 3 is 2.42 bits per heavy atom. The predicted octanol–water partition coefficient (Wildman–Crippen LogP) is 2.87. The second-order valence-electron chi connectivity index (χ2n) is 8.32. The van der Waals surface area contributed by atoms with Gasteiger partial charge in [0.05, 0.1) is 7.11 Å². The SMILES string of the molecule is COC(=O)[C@H](Cc1ccccc1)NC(=O)CCC1(Cc2ccc(C)cc2)CCC(=O)N1. The number of hydrogen-bond donors (Lipinski definition) is 2. The molecular formula is C25H30N2O4. The summed E-state index contributed by atoms with van der Waals surface area (Å²) in [6.07, 6.45) is 2.93. The van der Waals surface area contributed by atoms with Crippen LogP contribution in [0.15, 0.2) is 54.6 Å². The van der Waals surface area contributed by atoms with Crippen molar-refractivity contribution in [3.63, 3.8) is 0 Å². The Kier molecular flexibility index (Phi) is 7.45. The summed E-state index contributed by atoms with van der Waals surface area (Å²) >= 11 is 0. The molecule has 0 aromatic heterocycles. The topological polar surface area (TPSA) is 84.5 Å². The monoisotopic (exact) mass is 422 g/mol. The Morgan fingerprint density at radius 1 is 1.10 bits per heavy atom. The molecule has 0 aliphatic carbocycles. The number of ether oxygens (including phenoxy) is 1. The lowest BCUT2D eigenvalue weighted by Crippen LogP contribution is -2.46. The molecule has 3 rings (SSSR count). The van der Waals surface area contributed by atoms with Crippen LogP contribution < -0.4 is 10.6 Å². The van der Waals surface area contributed by atoms with Crippen LogP contribution in [0.1, 0.15) is 42.4 Å². The summed E-state index contributed by atoms with van der Waals surface area (Å²) in [6, 6.07) is 17.0. The van der Waals surface area contributed by atoms with Gasteiger partial charge in [-0.3, -0.25) is 9.59 Å². The predicted molar refractivity (Wildman–Crippen MR) is 118 cm³/mol. The molecule has 2 N–H and O–H groups in total. The Hall–Kier alpha value is -3.15. The highest BCUT2D eigenvalue weighted by Gasteiger charge is 2.38. The van der Waals surface area contributed by atoms with E-state index in [1.165, 1.54) is 12.7 Å². The van der Waals surface area contributed by atoms with Gasteiger partial charge in [-0.15, -0.1) is 0 Å². The lowest BCUT2D eigenvalue weighted by Gasteiger charge is -2.29. The van der Waals surface area contributed by atoms with Gasteiger partial charge in [-0.2, -0.15) is 0 Å². The van der Waals surface area contributed by atoms with Gasteiger partial charge < -0.3 is 15.4 Å². The number of carbonyl (C=O) groups is 3. The summed E-state index contributed by atoms with van der Waals surface area (Å²) in [7, 11) is 1.32. The third-order valence-corrected chi connectivity index (χ3v) is 5.83. The van der Waals surface area contributed by atoms with Crippen molar-refractivity contribution in [1.82, 2.24) is 10.6 Å². The summed E-state index contributed by atoms with van der Waals surface area (Å²) in [4.78, 5) is 36.9. The van der Waals surface area contributed by atoms with Crippen molar-refractivity contribution in [2.45, 2.75) is 57.0 Å². The standard InChI is InChI=1S/C25H30N2O4/c1-18-8-10-20(11-9-18)17-25(15-13-23(29)27-25)14-12-22(28)26-21(24(30)31-2)16-19-6-4-3-5-7-19/h3-11,21H,12-17H2,1-2H3,(H,26,28)(H,27,29)/t21-,25?/m0/s1. The highest BCUT2D eigenvalue weighted by atomic mass is 16.5. The minimum absolute atomic E-state index is 0.0176. The zero-order valence-electron chi connectivity index (χ0n) is 18.1. The normalized spacial score (nSPS) is 18.8. The molecule has 0 spiro atoms. The summed E-state index contributed by atoms with van der Waals surface area (Å²) in [6.45, 7) is 2.04. The molecule has 2 aromatic carbocycles. The molecule has 2 aromatic rings. The molecule has 6 heteroatoms. The highest BCUT2D eigenvalue weighted by molar-refractivity contribution is 5.85. The third kappa shape index (κ3) is 6.41. The number of rotatable bonds is 9. The third-order valence-electron chi connectivity index (χ3n) is 5.83. The molecule has 164 valence electrons. The van der Waals surface area contributed by atoms with E-state index < -0.39 is 17.6 Å². The molecule has 2 atom stereocenters. The summed E-state index contributed by atoms with van der Waals surface area (Å²) in [5.41, 5.74) is 2.81. The van der Waals surface area contributed by atoms with Gasteiger partial charge in [0, 0.05) is 24.8 Å². The second-order valence-corrected chi connectivity index (χ2v) is 8.32. The summed E-state index contributed by atoms with van der Waals surface area (Å²) < 4.78 is 4.88. The molecule has 6 nitrogen and oxygen atoms in total. The second kappa shape index (κ2) is 10.2. The molecule has 0 radical (unpaired) electrons. The molecule has 1 saturated heterocycles. The number of esters is 1. The average Bonchev–Trinajstić information content (AvgIpc) is 3.14. The van der Waals surface area contributed by atoms with E-state index in [-0.39, 0.29) is 18.2 Å². The van der Waals surface area contributed by atoms with Gasteiger partial charge in [0.15, 0.2) is 0 Å². The molecule has 0 bridgehead atoms. The molecule has 31 heavy (non-hydrogen) atoms. The molecule has 2 amide bonds. The van der Waals surface area contributed by atoms with Crippen LogP contribution >= 0.6 is 0 Å². The first kappa shape index (κ1) is 22.5. The van der Waals surface area contributed by atoms with Gasteiger partial charge in [0.25, 0.3) is 0 Å². The highest BCUT2D eigenvalue weighted by Crippen LogP contribution is 2.29. The first-order chi connectivity index (χ1) is 14.9. The zero-order chi connectivity index (χ0) is 22.3. The Bertz CT molecular complexity index is 911. The first-order valence-electron chi connectivity index (χ1n) is 10.7. The van der Waals surface area contributed by atoms with Crippen LogP contribution in [0.3, 0.4) is 0 Å².